The highest BCUT2D eigenvalue weighted by Gasteiger charge is 2.46. The van der Waals surface area contributed by atoms with Crippen LogP contribution in [0.4, 0.5) is 0 Å². The molecule has 3 N–H and O–H groups in total. The van der Waals surface area contributed by atoms with E-state index in [-0.39, 0.29) is 5.54 Å². The van der Waals surface area contributed by atoms with Gasteiger partial charge in [0.1, 0.15) is 0 Å². The van der Waals surface area contributed by atoms with Crippen molar-refractivity contribution in [1.82, 2.24) is 10.2 Å². The van der Waals surface area contributed by atoms with Gasteiger partial charge in [-0.2, -0.15) is 0 Å². The second kappa shape index (κ2) is 4.38. The predicted octanol–water partition coefficient (Wildman–Crippen LogP) is 1.25. The van der Waals surface area contributed by atoms with Crippen LogP contribution in [0.25, 0.3) is 0 Å². The van der Waals surface area contributed by atoms with Crippen molar-refractivity contribution >= 4 is 0 Å². The van der Waals surface area contributed by atoms with Crippen molar-refractivity contribution in [1.29, 1.82) is 0 Å². The molecule has 17 heavy (non-hydrogen) atoms. The highest BCUT2D eigenvalue weighted by atomic mass is 15.3. The van der Waals surface area contributed by atoms with Crippen LogP contribution < -0.4 is 11.1 Å². The molecule has 0 aromatic rings. The fourth-order valence-corrected chi connectivity index (χ4v) is 3.63. The molecule has 2 fully saturated rings. The number of nitrogens with one attached hydrogen (secondary N) is 1. The first-order valence-electron chi connectivity index (χ1n) is 7.11. The molecule has 3 nitrogen and oxygen atoms in total. The molecular weight excluding hydrogens is 210 g/mol. The fraction of sp³-hybridized carbons (Fsp3) is 0.857. The van der Waals surface area contributed by atoms with Gasteiger partial charge in [-0.3, -0.25) is 4.90 Å². The zero-order valence-electron chi connectivity index (χ0n) is 10.9. The van der Waals surface area contributed by atoms with Gasteiger partial charge >= 0.3 is 0 Å². The van der Waals surface area contributed by atoms with Gasteiger partial charge in [0.15, 0.2) is 0 Å². The van der Waals surface area contributed by atoms with E-state index < -0.39 is 0 Å². The van der Waals surface area contributed by atoms with E-state index in [4.69, 9.17) is 5.73 Å². The maximum absolute atomic E-state index is 6.08. The number of nitrogens with two attached hydrogens (primary N) is 1. The smallest absolute Gasteiger partial charge is 0.0449 e. The van der Waals surface area contributed by atoms with Crippen LogP contribution in [0.3, 0.4) is 0 Å². The van der Waals surface area contributed by atoms with Gasteiger partial charge in [-0.05, 0) is 39.0 Å². The normalized spacial score (nSPS) is 39.3. The van der Waals surface area contributed by atoms with Gasteiger partial charge in [-0.25, -0.2) is 0 Å². The van der Waals surface area contributed by atoms with Crippen molar-refractivity contribution in [2.45, 2.75) is 62.7 Å². The van der Waals surface area contributed by atoms with Crippen molar-refractivity contribution in [3.63, 3.8) is 0 Å². The zero-order chi connectivity index (χ0) is 11.9. The second-order valence-electron chi connectivity index (χ2n) is 6.23. The quantitative estimate of drug-likeness (QED) is 0.721. The van der Waals surface area contributed by atoms with Gasteiger partial charge in [-0.15, -0.1) is 0 Å². The Morgan fingerprint density at radius 1 is 1.35 bits per heavy atom. The van der Waals surface area contributed by atoms with Crippen molar-refractivity contribution < 1.29 is 0 Å². The van der Waals surface area contributed by atoms with Gasteiger partial charge in [0, 0.05) is 36.8 Å². The Balaban J connectivity index is 1.65. The molecule has 2 atom stereocenters. The third-order valence-corrected chi connectivity index (χ3v) is 4.66. The minimum absolute atomic E-state index is 0.179. The molecule has 1 aliphatic heterocycles. The van der Waals surface area contributed by atoms with Crippen LogP contribution in [0, 0.1) is 0 Å². The van der Waals surface area contributed by atoms with Crippen molar-refractivity contribution in [2.24, 2.45) is 5.73 Å². The first-order valence-corrected chi connectivity index (χ1v) is 7.11. The van der Waals surface area contributed by atoms with Gasteiger partial charge in [0.25, 0.3) is 0 Å². The second-order valence-corrected chi connectivity index (χ2v) is 6.23. The Hall–Kier alpha value is -0.380. The number of hydrogen-bond acceptors (Lipinski definition) is 3. The van der Waals surface area contributed by atoms with E-state index in [1.165, 1.54) is 32.1 Å². The highest BCUT2D eigenvalue weighted by Crippen LogP contribution is 2.37. The summed E-state index contributed by atoms with van der Waals surface area (Å²) in [5.41, 5.74) is 6.26. The van der Waals surface area contributed by atoms with Crippen molar-refractivity contribution in [3.05, 3.63) is 12.2 Å². The van der Waals surface area contributed by atoms with Crippen molar-refractivity contribution in [2.75, 3.05) is 13.1 Å². The van der Waals surface area contributed by atoms with Gasteiger partial charge in [-0.1, -0.05) is 12.2 Å². The Morgan fingerprint density at radius 2 is 2.06 bits per heavy atom. The standard InChI is InChI=1S/C14H25N3/c1-11-8-14(9-15,10-17(11)13-6-7-13)16-12-4-2-3-5-12/h2-3,11-13,16H,4-10,15H2,1H3. The summed E-state index contributed by atoms with van der Waals surface area (Å²) in [5, 5.41) is 3.85. The number of rotatable bonds is 4. The molecule has 0 amide bonds. The van der Waals surface area contributed by atoms with Crippen LogP contribution in [0.5, 0.6) is 0 Å². The molecule has 1 saturated carbocycles. The van der Waals surface area contributed by atoms with Crippen LogP contribution >= 0.6 is 0 Å². The summed E-state index contributed by atoms with van der Waals surface area (Å²) in [5.74, 6) is 0. The number of likely N-dealkylation sites (tertiary alicyclic amines) is 1. The van der Waals surface area contributed by atoms with Crippen LogP contribution in [0.1, 0.15) is 39.0 Å². The maximum Gasteiger partial charge on any atom is 0.0449 e. The average Bonchev–Trinajstić information content (AvgIpc) is 2.94. The number of hydrogen-bond donors (Lipinski definition) is 2. The molecule has 0 bridgehead atoms. The van der Waals surface area contributed by atoms with E-state index in [9.17, 15) is 0 Å². The molecule has 2 aliphatic carbocycles. The van der Waals surface area contributed by atoms with Crippen LogP contribution in [0.2, 0.25) is 0 Å². The minimum atomic E-state index is 0.179. The molecule has 96 valence electrons. The first kappa shape index (κ1) is 11.7. The van der Waals surface area contributed by atoms with E-state index in [0.717, 1.165) is 19.1 Å². The Bertz CT molecular complexity index is 299. The highest BCUT2D eigenvalue weighted by molar-refractivity contribution is 5.09. The van der Waals surface area contributed by atoms with E-state index in [2.05, 4.69) is 29.3 Å². The molecule has 2 unspecified atom stereocenters. The predicted molar refractivity (Wildman–Crippen MR) is 70.9 cm³/mol. The summed E-state index contributed by atoms with van der Waals surface area (Å²) in [6.07, 6.45) is 11.0. The lowest BCUT2D eigenvalue weighted by Crippen LogP contribution is -2.56. The maximum atomic E-state index is 6.08. The summed E-state index contributed by atoms with van der Waals surface area (Å²) in [4.78, 5) is 2.68. The fourth-order valence-electron chi connectivity index (χ4n) is 3.63. The first-order chi connectivity index (χ1) is 8.22. The van der Waals surface area contributed by atoms with E-state index in [1.807, 2.05) is 0 Å². The van der Waals surface area contributed by atoms with Crippen LogP contribution in [-0.4, -0.2) is 41.7 Å². The zero-order valence-corrected chi connectivity index (χ0v) is 10.9. The summed E-state index contributed by atoms with van der Waals surface area (Å²) < 4.78 is 0. The van der Waals surface area contributed by atoms with Crippen molar-refractivity contribution in [3.8, 4) is 0 Å². The number of nitrogens with zero attached hydrogens (tertiary/aromatic N) is 1. The lowest BCUT2D eigenvalue weighted by molar-refractivity contribution is 0.235. The third kappa shape index (κ3) is 2.28. The molecule has 1 saturated heterocycles. The molecule has 0 aromatic heterocycles. The van der Waals surface area contributed by atoms with Crippen LogP contribution in [0.15, 0.2) is 12.2 Å². The summed E-state index contributed by atoms with van der Waals surface area (Å²) in [6, 6.07) is 2.19. The lowest BCUT2D eigenvalue weighted by Gasteiger charge is -2.33. The minimum Gasteiger partial charge on any atom is -0.329 e. The molecule has 3 rings (SSSR count). The molecule has 3 heteroatoms. The average molecular weight is 235 g/mol. The molecular formula is C14H25N3. The molecule has 0 radical (unpaired) electrons. The SMILES string of the molecule is CC1CC(CN)(NC2CC=CC2)CN1C1CC1. The Morgan fingerprint density at radius 3 is 2.65 bits per heavy atom. The molecule has 0 aromatic carbocycles. The summed E-state index contributed by atoms with van der Waals surface area (Å²) in [7, 11) is 0. The topological polar surface area (TPSA) is 41.3 Å². The summed E-state index contributed by atoms with van der Waals surface area (Å²) >= 11 is 0. The van der Waals surface area contributed by atoms with E-state index in [1.54, 1.807) is 0 Å². The monoisotopic (exact) mass is 235 g/mol. The molecule has 1 heterocycles. The van der Waals surface area contributed by atoms with E-state index >= 15 is 0 Å². The molecule has 3 aliphatic rings. The summed E-state index contributed by atoms with van der Waals surface area (Å²) in [6.45, 7) is 4.30. The lowest BCUT2D eigenvalue weighted by atomic mass is 9.94. The van der Waals surface area contributed by atoms with Gasteiger partial charge in [0.2, 0.25) is 0 Å². The van der Waals surface area contributed by atoms with E-state index in [0.29, 0.717) is 12.1 Å². The van der Waals surface area contributed by atoms with Gasteiger partial charge in [0.05, 0.1) is 0 Å². The Labute approximate surface area is 104 Å². The molecule has 0 spiro atoms. The third-order valence-electron chi connectivity index (χ3n) is 4.66. The Kier molecular flexibility index (Phi) is 3.01. The van der Waals surface area contributed by atoms with Crippen LogP contribution in [-0.2, 0) is 0 Å². The van der Waals surface area contributed by atoms with Gasteiger partial charge < -0.3 is 11.1 Å². The largest absolute Gasteiger partial charge is 0.329 e.